The van der Waals surface area contributed by atoms with Crippen LogP contribution >= 0.6 is 0 Å². The zero-order valence-corrected chi connectivity index (χ0v) is 6.47. The number of fused-ring (bicyclic) bond motifs is 1. The van der Waals surface area contributed by atoms with Crippen molar-refractivity contribution in [1.29, 1.82) is 5.26 Å². The molecule has 58 valence electrons. The SMILES string of the molecule is N#C[C@@]12CCC[C@@H]1C(=O)CC2. The number of hydrogen-bond acceptors (Lipinski definition) is 2. The van der Waals surface area contributed by atoms with E-state index < -0.39 is 0 Å². The van der Waals surface area contributed by atoms with Gasteiger partial charge in [0.05, 0.1) is 11.5 Å². The summed E-state index contributed by atoms with van der Waals surface area (Å²) in [6.45, 7) is 0. The predicted octanol–water partition coefficient (Wildman–Crippen LogP) is 1.66. The highest BCUT2D eigenvalue weighted by atomic mass is 16.1. The van der Waals surface area contributed by atoms with Gasteiger partial charge in [-0.2, -0.15) is 5.26 Å². The minimum absolute atomic E-state index is 0.104. The zero-order valence-electron chi connectivity index (χ0n) is 6.47. The molecular weight excluding hydrogens is 138 g/mol. The lowest BCUT2D eigenvalue weighted by Gasteiger charge is -2.17. The van der Waals surface area contributed by atoms with Crippen LogP contribution in [0.5, 0.6) is 0 Å². The minimum Gasteiger partial charge on any atom is -0.299 e. The standard InChI is InChI=1S/C9H11NO/c10-6-9-4-1-2-7(9)8(11)3-5-9/h7H,1-5H2/t7-,9+/m1/s1. The number of rotatable bonds is 0. The lowest BCUT2D eigenvalue weighted by Crippen LogP contribution is -2.20. The molecule has 2 nitrogen and oxygen atoms in total. The monoisotopic (exact) mass is 149 g/mol. The Balaban J connectivity index is 2.34. The Kier molecular flexibility index (Phi) is 1.29. The highest BCUT2D eigenvalue weighted by Crippen LogP contribution is 2.51. The molecule has 0 aromatic heterocycles. The molecule has 0 saturated heterocycles. The Morgan fingerprint density at radius 3 is 3.00 bits per heavy atom. The third-order valence-electron chi connectivity index (χ3n) is 3.21. The van der Waals surface area contributed by atoms with Crippen LogP contribution in [0, 0.1) is 22.7 Å². The number of hydrogen-bond donors (Lipinski definition) is 0. The van der Waals surface area contributed by atoms with E-state index in [4.69, 9.17) is 5.26 Å². The van der Waals surface area contributed by atoms with E-state index in [1.807, 2.05) is 0 Å². The van der Waals surface area contributed by atoms with Crippen LogP contribution in [-0.2, 0) is 4.79 Å². The van der Waals surface area contributed by atoms with Gasteiger partial charge in [0, 0.05) is 12.3 Å². The lowest BCUT2D eigenvalue weighted by atomic mass is 9.82. The van der Waals surface area contributed by atoms with Crippen LogP contribution in [0.1, 0.15) is 32.1 Å². The van der Waals surface area contributed by atoms with E-state index in [2.05, 4.69) is 6.07 Å². The maximum atomic E-state index is 11.3. The first-order valence-electron chi connectivity index (χ1n) is 4.22. The Hall–Kier alpha value is -0.840. The van der Waals surface area contributed by atoms with E-state index in [1.165, 1.54) is 0 Å². The second-order valence-corrected chi connectivity index (χ2v) is 3.68. The van der Waals surface area contributed by atoms with Gasteiger partial charge in [-0.3, -0.25) is 4.79 Å². The van der Waals surface area contributed by atoms with E-state index in [1.54, 1.807) is 0 Å². The number of carbonyl (C=O) groups excluding carboxylic acids is 1. The first-order chi connectivity index (χ1) is 5.28. The third kappa shape index (κ3) is 0.742. The van der Waals surface area contributed by atoms with E-state index in [-0.39, 0.29) is 11.3 Å². The third-order valence-corrected chi connectivity index (χ3v) is 3.21. The second-order valence-electron chi connectivity index (χ2n) is 3.68. The summed E-state index contributed by atoms with van der Waals surface area (Å²) in [6, 6.07) is 2.35. The average Bonchev–Trinajstić information content (AvgIpc) is 2.53. The van der Waals surface area contributed by atoms with Crippen LogP contribution in [0.25, 0.3) is 0 Å². The van der Waals surface area contributed by atoms with Crippen molar-refractivity contribution in [2.75, 3.05) is 0 Å². The Morgan fingerprint density at radius 1 is 1.55 bits per heavy atom. The summed E-state index contributed by atoms with van der Waals surface area (Å²) in [4.78, 5) is 11.3. The summed E-state index contributed by atoms with van der Waals surface area (Å²) in [7, 11) is 0. The van der Waals surface area contributed by atoms with Gasteiger partial charge >= 0.3 is 0 Å². The summed E-state index contributed by atoms with van der Waals surface area (Å²) in [5, 5.41) is 8.94. The van der Waals surface area contributed by atoms with E-state index >= 15 is 0 Å². The fraction of sp³-hybridized carbons (Fsp3) is 0.778. The maximum Gasteiger partial charge on any atom is 0.137 e. The van der Waals surface area contributed by atoms with Crippen LogP contribution in [-0.4, -0.2) is 5.78 Å². The van der Waals surface area contributed by atoms with Gasteiger partial charge in [-0.15, -0.1) is 0 Å². The van der Waals surface area contributed by atoms with E-state index in [9.17, 15) is 4.79 Å². The van der Waals surface area contributed by atoms with Crippen molar-refractivity contribution in [3.8, 4) is 6.07 Å². The van der Waals surface area contributed by atoms with Crippen molar-refractivity contribution in [3.63, 3.8) is 0 Å². The summed E-state index contributed by atoms with van der Waals surface area (Å²) < 4.78 is 0. The summed E-state index contributed by atoms with van der Waals surface area (Å²) >= 11 is 0. The summed E-state index contributed by atoms with van der Waals surface area (Å²) in [6.07, 6.45) is 4.47. The molecule has 2 aliphatic rings. The first-order valence-corrected chi connectivity index (χ1v) is 4.22. The van der Waals surface area contributed by atoms with Gasteiger partial charge in [0.25, 0.3) is 0 Å². The zero-order chi connectivity index (χ0) is 7.90. The molecular formula is C9H11NO. The molecule has 11 heavy (non-hydrogen) atoms. The first kappa shape index (κ1) is 6.84. The average molecular weight is 149 g/mol. The van der Waals surface area contributed by atoms with Crippen LogP contribution < -0.4 is 0 Å². The molecule has 2 saturated carbocycles. The molecule has 0 aromatic rings. The molecule has 0 aliphatic heterocycles. The molecule has 2 heteroatoms. The van der Waals surface area contributed by atoms with Gasteiger partial charge in [-0.25, -0.2) is 0 Å². The Labute approximate surface area is 66.2 Å². The Bertz CT molecular complexity index is 240. The molecule has 2 rings (SSSR count). The molecule has 0 spiro atoms. The van der Waals surface area contributed by atoms with Crippen LogP contribution in [0.4, 0.5) is 0 Å². The van der Waals surface area contributed by atoms with Crippen molar-refractivity contribution in [3.05, 3.63) is 0 Å². The fourth-order valence-corrected chi connectivity index (χ4v) is 2.55. The minimum atomic E-state index is -0.225. The summed E-state index contributed by atoms with van der Waals surface area (Å²) in [5.41, 5.74) is -0.225. The largest absolute Gasteiger partial charge is 0.299 e. The summed E-state index contributed by atoms with van der Waals surface area (Å²) in [5.74, 6) is 0.441. The maximum absolute atomic E-state index is 11.3. The van der Waals surface area contributed by atoms with Gasteiger partial charge in [-0.1, -0.05) is 6.42 Å². The molecule has 0 N–H and O–H groups in total. The normalized spacial score (nSPS) is 42.1. The number of nitrogens with zero attached hydrogens (tertiary/aromatic N) is 1. The van der Waals surface area contributed by atoms with Crippen molar-refractivity contribution in [2.24, 2.45) is 11.3 Å². The highest BCUT2D eigenvalue weighted by Gasteiger charge is 2.51. The number of carbonyl (C=O) groups is 1. The van der Waals surface area contributed by atoms with Gasteiger partial charge in [0.1, 0.15) is 5.78 Å². The number of nitriles is 1. The molecule has 0 amide bonds. The number of Topliss-reactive ketones (excluding diaryl/α,β-unsaturated/α-hetero) is 1. The van der Waals surface area contributed by atoms with Crippen LogP contribution in [0.2, 0.25) is 0 Å². The number of ketones is 1. The fourth-order valence-electron chi connectivity index (χ4n) is 2.55. The van der Waals surface area contributed by atoms with Crippen molar-refractivity contribution in [1.82, 2.24) is 0 Å². The molecule has 0 aromatic carbocycles. The molecule has 2 aliphatic carbocycles. The molecule has 0 radical (unpaired) electrons. The van der Waals surface area contributed by atoms with E-state index in [0.29, 0.717) is 12.2 Å². The highest BCUT2D eigenvalue weighted by molar-refractivity contribution is 5.85. The second kappa shape index (κ2) is 2.07. The van der Waals surface area contributed by atoms with Crippen LogP contribution in [0.15, 0.2) is 0 Å². The van der Waals surface area contributed by atoms with Gasteiger partial charge in [0.2, 0.25) is 0 Å². The van der Waals surface area contributed by atoms with Gasteiger partial charge < -0.3 is 0 Å². The lowest BCUT2D eigenvalue weighted by molar-refractivity contribution is -0.121. The quantitative estimate of drug-likeness (QED) is 0.525. The van der Waals surface area contributed by atoms with Crippen molar-refractivity contribution in [2.45, 2.75) is 32.1 Å². The molecule has 2 atom stereocenters. The molecule has 0 bridgehead atoms. The molecule has 0 heterocycles. The van der Waals surface area contributed by atoms with E-state index in [0.717, 1.165) is 25.7 Å². The Morgan fingerprint density at radius 2 is 2.36 bits per heavy atom. The van der Waals surface area contributed by atoms with Gasteiger partial charge in [-0.05, 0) is 19.3 Å². The smallest absolute Gasteiger partial charge is 0.137 e. The predicted molar refractivity (Wildman–Crippen MR) is 39.6 cm³/mol. The molecule has 2 fully saturated rings. The van der Waals surface area contributed by atoms with Crippen molar-refractivity contribution < 1.29 is 4.79 Å². The molecule has 0 unspecified atom stereocenters. The topological polar surface area (TPSA) is 40.9 Å². The van der Waals surface area contributed by atoms with Crippen molar-refractivity contribution >= 4 is 5.78 Å². The van der Waals surface area contributed by atoms with Gasteiger partial charge in [0.15, 0.2) is 0 Å². The van der Waals surface area contributed by atoms with Crippen LogP contribution in [0.3, 0.4) is 0 Å².